The van der Waals surface area contributed by atoms with Gasteiger partial charge in [-0.1, -0.05) is 0 Å². The topological polar surface area (TPSA) is 66.8 Å². The average molecular weight is 455 g/mol. The van der Waals surface area contributed by atoms with Gasteiger partial charge >= 0.3 is 12.3 Å². The lowest BCUT2D eigenvalue weighted by Gasteiger charge is -2.23. The summed E-state index contributed by atoms with van der Waals surface area (Å²) < 4.78 is 41.5. The molecular formula is C15H13F3INO4. The van der Waals surface area contributed by atoms with E-state index in [-0.39, 0.29) is 15.2 Å². The minimum Gasteiger partial charge on any atom is -0.481 e. The number of benzene rings is 1. The molecule has 1 aromatic carbocycles. The van der Waals surface area contributed by atoms with Crippen LogP contribution in [0.2, 0.25) is 0 Å². The fourth-order valence-electron chi connectivity index (χ4n) is 3.56. The Kier molecular flexibility index (Phi) is 4.39. The number of hydrogen-bond acceptors (Lipinski definition) is 3. The Bertz CT molecular complexity index is 694. The van der Waals surface area contributed by atoms with Gasteiger partial charge in [-0.3, -0.25) is 9.59 Å². The highest BCUT2D eigenvalue weighted by Gasteiger charge is 2.51. The number of nitrogens with zero attached hydrogens (tertiary/aromatic N) is 1. The number of aliphatic carboxylic acids is 1. The Morgan fingerprint density at radius 1 is 1.29 bits per heavy atom. The molecule has 2 aliphatic rings. The first-order valence-electron chi connectivity index (χ1n) is 7.28. The lowest BCUT2D eigenvalue weighted by Crippen LogP contribution is -2.37. The van der Waals surface area contributed by atoms with Gasteiger partial charge in [0, 0.05) is 17.6 Å². The number of carboxylic acid groups (broad SMARTS) is 1. The Morgan fingerprint density at radius 2 is 2.00 bits per heavy atom. The standard InChI is InChI=1S/C15H13F3INO4/c16-15(17,18)24-12-5-7(1-3-10(12)19)13(21)20-8-2-4-11(20)9(6-8)14(22)23/h1,3,5,8-9,11H,2,4,6H2,(H,22,23). The van der Waals surface area contributed by atoms with Gasteiger partial charge in [0.15, 0.2) is 0 Å². The van der Waals surface area contributed by atoms with Crippen LogP contribution in [-0.2, 0) is 4.79 Å². The van der Waals surface area contributed by atoms with Crippen molar-refractivity contribution in [3.05, 3.63) is 27.3 Å². The summed E-state index contributed by atoms with van der Waals surface area (Å²) in [5, 5.41) is 9.23. The summed E-state index contributed by atoms with van der Waals surface area (Å²) >= 11 is 1.69. The van der Waals surface area contributed by atoms with Crippen LogP contribution >= 0.6 is 22.6 Å². The second-order valence-corrected chi connectivity index (χ2v) is 7.05. The van der Waals surface area contributed by atoms with Crippen LogP contribution in [0.3, 0.4) is 0 Å². The van der Waals surface area contributed by atoms with Crippen LogP contribution in [0.15, 0.2) is 18.2 Å². The first kappa shape index (κ1) is 17.3. The lowest BCUT2D eigenvalue weighted by molar-refractivity contribution is -0.275. The number of halogens is 4. The summed E-state index contributed by atoms with van der Waals surface area (Å²) in [6, 6.07) is 3.30. The number of carbonyl (C=O) groups excluding carboxylic acids is 1. The molecule has 0 spiro atoms. The molecule has 0 saturated carbocycles. The summed E-state index contributed by atoms with van der Waals surface area (Å²) in [7, 11) is 0. The number of alkyl halides is 3. The van der Waals surface area contributed by atoms with Crippen molar-refractivity contribution in [2.45, 2.75) is 37.7 Å². The molecule has 130 valence electrons. The molecule has 3 unspecified atom stereocenters. The van der Waals surface area contributed by atoms with E-state index in [1.165, 1.54) is 17.0 Å². The Balaban J connectivity index is 1.86. The first-order chi connectivity index (χ1) is 11.2. The van der Waals surface area contributed by atoms with Gasteiger partial charge < -0.3 is 14.7 Å². The highest BCUT2D eigenvalue weighted by atomic mass is 127. The molecule has 24 heavy (non-hydrogen) atoms. The van der Waals surface area contributed by atoms with Gasteiger partial charge in [0.1, 0.15) is 5.75 Å². The quantitative estimate of drug-likeness (QED) is 0.711. The normalized spacial score (nSPS) is 25.8. The Hall–Kier alpha value is -1.52. The molecule has 2 fully saturated rings. The highest BCUT2D eigenvalue weighted by molar-refractivity contribution is 14.1. The van der Waals surface area contributed by atoms with E-state index in [0.717, 1.165) is 12.5 Å². The summed E-state index contributed by atoms with van der Waals surface area (Å²) in [5.41, 5.74) is 0.0672. The summed E-state index contributed by atoms with van der Waals surface area (Å²) in [6.07, 6.45) is -3.13. The van der Waals surface area contributed by atoms with Crippen molar-refractivity contribution in [3.63, 3.8) is 0 Å². The number of fused-ring (bicyclic) bond motifs is 2. The van der Waals surface area contributed by atoms with Gasteiger partial charge in [0.25, 0.3) is 5.91 Å². The van der Waals surface area contributed by atoms with Crippen LogP contribution in [-0.4, -0.2) is 40.3 Å². The molecule has 0 radical (unpaired) electrons. The molecule has 2 aliphatic heterocycles. The summed E-state index contributed by atoms with van der Waals surface area (Å²) in [6.45, 7) is 0. The zero-order chi connectivity index (χ0) is 17.6. The maximum absolute atomic E-state index is 12.7. The summed E-state index contributed by atoms with van der Waals surface area (Å²) in [5.74, 6) is -2.43. The molecule has 2 bridgehead atoms. The van der Waals surface area contributed by atoms with Gasteiger partial charge in [0.2, 0.25) is 0 Å². The van der Waals surface area contributed by atoms with E-state index in [0.29, 0.717) is 12.8 Å². The minimum absolute atomic E-state index is 0.0672. The average Bonchev–Trinajstić information content (AvgIpc) is 3.05. The second-order valence-electron chi connectivity index (χ2n) is 5.88. The third-order valence-electron chi connectivity index (χ3n) is 4.49. The number of ether oxygens (including phenoxy) is 1. The van der Waals surface area contributed by atoms with Crippen LogP contribution in [0.4, 0.5) is 13.2 Å². The van der Waals surface area contributed by atoms with Crippen molar-refractivity contribution < 1.29 is 32.6 Å². The predicted molar refractivity (Wildman–Crippen MR) is 84.6 cm³/mol. The van der Waals surface area contributed by atoms with E-state index >= 15 is 0 Å². The molecule has 1 aromatic rings. The van der Waals surface area contributed by atoms with E-state index < -0.39 is 35.9 Å². The molecule has 3 rings (SSSR count). The van der Waals surface area contributed by atoms with Crippen molar-refractivity contribution in [1.82, 2.24) is 4.90 Å². The van der Waals surface area contributed by atoms with Crippen molar-refractivity contribution in [3.8, 4) is 5.75 Å². The lowest BCUT2D eigenvalue weighted by atomic mass is 9.89. The molecule has 1 amide bonds. The Labute approximate surface area is 148 Å². The third kappa shape index (κ3) is 3.17. The van der Waals surface area contributed by atoms with Crippen LogP contribution in [0.5, 0.6) is 5.75 Å². The largest absolute Gasteiger partial charge is 0.573 e. The zero-order valence-corrected chi connectivity index (χ0v) is 14.4. The van der Waals surface area contributed by atoms with Gasteiger partial charge in [-0.05, 0) is 60.1 Å². The molecule has 0 aromatic heterocycles. The number of hydrogen-bond donors (Lipinski definition) is 1. The second kappa shape index (κ2) is 6.08. The molecule has 2 saturated heterocycles. The van der Waals surface area contributed by atoms with Gasteiger partial charge in [-0.15, -0.1) is 13.2 Å². The SMILES string of the molecule is O=C(O)C1CC2CCC1N2C(=O)c1ccc(I)c(OC(F)(F)F)c1. The molecular weight excluding hydrogens is 442 g/mol. The van der Waals surface area contributed by atoms with E-state index in [4.69, 9.17) is 0 Å². The maximum Gasteiger partial charge on any atom is 0.573 e. The number of rotatable bonds is 3. The fraction of sp³-hybridized carbons (Fsp3) is 0.467. The smallest absolute Gasteiger partial charge is 0.481 e. The van der Waals surface area contributed by atoms with Gasteiger partial charge in [0.05, 0.1) is 9.49 Å². The van der Waals surface area contributed by atoms with Gasteiger partial charge in [-0.25, -0.2) is 0 Å². The maximum atomic E-state index is 12.7. The van der Waals surface area contributed by atoms with Gasteiger partial charge in [-0.2, -0.15) is 0 Å². The Morgan fingerprint density at radius 3 is 2.58 bits per heavy atom. The fourth-order valence-corrected chi connectivity index (χ4v) is 4.00. The van der Waals surface area contributed by atoms with Crippen LogP contribution in [0.1, 0.15) is 29.6 Å². The van der Waals surface area contributed by atoms with E-state index in [1.807, 2.05) is 0 Å². The van der Waals surface area contributed by atoms with Crippen LogP contribution < -0.4 is 4.74 Å². The third-order valence-corrected chi connectivity index (χ3v) is 5.38. The molecule has 2 heterocycles. The van der Waals surface area contributed by atoms with Crippen molar-refractivity contribution in [2.24, 2.45) is 5.92 Å². The molecule has 0 aliphatic carbocycles. The van der Waals surface area contributed by atoms with E-state index in [9.17, 15) is 27.9 Å². The summed E-state index contributed by atoms with van der Waals surface area (Å²) in [4.78, 5) is 25.5. The first-order valence-corrected chi connectivity index (χ1v) is 8.36. The number of carboxylic acids is 1. The highest BCUT2D eigenvalue weighted by Crippen LogP contribution is 2.43. The number of carbonyl (C=O) groups is 2. The van der Waals surface area contributed by atoms with Crippen molar-refractivity contribution in [1.29, 1.82) is 0 Å². The van der Waals surface area contributed by atoms with E-state index in [2.05, 4.69) is 4.74 Å². The molecule has 9 heteroatoms. The van der Waals surface area contributed by atoms with Crippen molar-refractivity contribution >= 4 is 34.5 Å². The van der Waals surface area contributed by atoms with Crippen LogP contribution in [0, 0.1) is 9.49 Å². The van der Waals surface area contributed by atoms with E-state index in [1.54, 1.807) is 22.6 Å². The predicted octanol–water partition coefficient (Wildman–Crippen LogP) is 3.27. The minimum atomic E-state index is -4.84. The monoisotopic (exact) mass is 455 g/mol. The molecule has 3 atom stereocenters. The molecule has 1 N–H and O–H groups in total. The number of amides is 1. The van der Waals surface area contributed by atoms with Crippen molar-refractivity contribution in [2.75, 3.05) is 0 Å². The molecule has 5 nitrogen and oxygen atoms in total. The zero-order valence-electron chi connectivity index (χ0n) is 12.2. The van der Waals surface area contributed by atoms with Crippen LogP contribution in [0.25, 0.3) is 0 Å².